The molecule has 0 fully saturated rings. The number of primary amides is 1. The van der Waals surface area contributed by atoms with Crippen molar-refractivity contribution in [3.63, 3.8) is 0 Å². The average Bonchev–Trinajstić information content (AvgIpc) is 3.02. The van der Waals surface area contributed by atoms with Crippen LogP contribution in [0, 0.1) is 0 Å². The Hall–Kier alpha value is -3.20. The average molecular weight is 403 g/mol. The van der Waals surface area contributed by atoms with Crippen LogP contribution < -0.4 is 26.3 Å². The highest BCUT2D eigenvalue weighted by atomic mass is 32.1. The number of anilines is 2. The van der Waals surface area contributed by atoms with Crippen LogP contribution in [0.5, 0.6) is 11.5 Å². The minimum atomic E-state index is -0.623. The second kappa shape index (κ2) is 7.43. The van der Waals surface area contributed by atoms with Crippen molar-refractivity contribution in [2.24, 2.45) is 5.73 Å². The van der Waals surface area contributed by atoms with Crippen LogP contribution in [-0.2, 0) is 9.53 Å². The summed E-state index contributed by atoms with van der Waals surface area (Å²) < 4.78 is 15.7. The summed E-state index contributed by atoms with van der Waals surface area (Å²) in [5, 5.41) is 3.81. The third-order valence-electron chi connectivity index (χ3n) is 4.64. The van der Waals surface area contributed by atoms with Crippen LogP contribution in [0.4, 0.5) is 10.7 Å². The summed E-state index contributed by atoms with van der Waals surface area (Å²) in [6, 6.07) is 5.34. The molecule has 0 aliphatic carbocycles. The first-order chi connectivity index (χ1) is 13.3. The van der Waals surface area contributed by atoms with Crippen LogP contribution >= 0.6 is 11.3 Å². The van der Waals surface area contributed by atoms with Gasteiger partial charge in [0.25, 0.3) is 5.91 Å². The number of nitrogens with one attached hydrogen (secondary N) is 1. The number of carbonyl (C=O) groups is 2. The lowest BCUT2D eigenvalue weighted by molar-refractivity contribution is -0.136. The normalized spacial score (nSPS) is 15.5. The molecular weight excluding hydrogens is 382 g/mol. The molecule has 148 valence electrons. The van der Waals surface area contributed by atoms with Crippen molar-refractivity contribution in [3.05, 3.63) is 45.5 Å². The minimum absolute atomic E-state index is 0.238. The number of methoxy groups -OCH3 is 3. The van der Waals surface area contributed by atoms with Gasteiger partial charge in [0, 0.05) is 17.2 Å². The molecule has 1 aromatic heterocycles. The molecule has 8 nitrogen and oxygen atoms in total. The Kier molecular flexibility index (Phi) is 5.19. The Labute approximate surface area is 166 Å². The molecule has 0 saturated carbocycles. The van der Waals surface area contributed by atoms with Crippen molar-refractivity contribution >= 4 is 33.9 Å². The van der Waals surface area contributed by atoms with Crippen molar-refractivity contribution in [3.8, 4) is 11.5 Å². The van der Waals surface area contributed by atoms with E-state index in [2.05, 4.69) is 5.32 Å². The Morgan fingerprint density at radius 1 is 1.14 bits per heavy atom. The van der Waals surface area contributed by atoms with E-state index in [0.717, 1.165) is 16.9 Å². The fourth-order valence-corrected chi connectivity index (χ4v) is 4.43. The highest BCUT2D eigenvalue weighted by Gasteiger charge is 2.37. The standard InChI is InChI=1S/C19H21N3O5S/c1-8-12(19(24)27-4)13(9-5-6-10(25-2)11(7-9)26-3)14-15(20)16(17(21)23)28-18(14)22-8/h5-7,13,22H,20H2,1-4H3,(H2,21,23)/t13-/m0/s1. The zero-order valence-corrected chi connectivity index (χ0v) is 16.7. The van der Waals surface area contributed by atoms with Crippen LogP contribution in [0.1, 0.15) is 33.6 Å². The number of thiophene rings is 1. The maximum atomic E-state index is 12.6. The van der Waals surface area contributed by atoms with Crippen LogP contribution in [0.25, 0.3) is 0 Å². The van der Waals surface area contributed by atoms with Crippen molar-refractivity contribution in [1.82, 2.24) is 0 Å². The number of rotatable bonds is 5. The van der Waals surface area contributed by atoms with Crippen LogP contribution in [0.2, 0.25) is 0 Å². The second-order valence-electron chi connectivity index (χ2n) is 6.15. The number of allylic oxidation sites excluding steroid dienone is 1. The molecule has 1 atom stereocenters. The lowest BCUT2D eigenvalue weighted by atomic mass is 9.81. The summed E-state index contributed by atoms with van der Waals surface area (Å²) in [5.41, 5.74) is 14.3. The molecule has 28 heavy (non-hydrogen) atoms. The first kappa shape index (κ1) is 19.6. The lowest BCUT2D eigenvalue weighted by Crippen LogP contribution is -2.23. The van der Waals surface area contributed by atoms with Gasteiger partial charge in [0.2, 0.25) is 0 Å². The van der Waals surface area contributed by atoms with E-state index >= 15 is 0 Å². The first-order valence-electron chi connectivity index (χ1n) is 8.34. The molecule has 0 bridgehead atoms. The van der Waals surface area contributed by atoms with Gasteiger partial charge >= 0.3 is 5.97 Å². The summed E-state index contributed by atoms with van der Waals surface area (Å²) >= 11 is 1.16. The maximum absolute atomic E-state index is 12.6. The number of hydrogen-bond acceptors (Lipinski definition) is 8. The maximum Gasteiger partial charge on any atom is 0.336 e. The third kappa shape index (κ3) is 3.03. The zero-order valence-electron chi connectivity index (χ0n) is 15.9. The quantitative estimate of drug-likeness (QED) is 0.655. The van der Waals surface area contributed by atoms with Gasteiger partial charge in [-0.25, -0.2) is 4.79 Å². The Bertz CT molecular complexity index is 996. The molecule has 0 spiro atoms. The molecule has 9 heteroatoms. The fourth-order valence-electron chi connectivity index (χ4n) is 3.36. The molecular formula is C19H21N3O5S. The summed E-state index contributed by atoms with van der Waals surface area (Å²) in [5.74, 6) is -0.626. The summed E-state index contributed by atoms with van der Waals surface area (Å²) in [4.78, 5) is 24.6. The smallest absolute Gasteiger partial charge is 0.336 e. The fraction of sp³-hybridized carbons (Fsp3) is 0.263. The molecule has 0 saturated heterocycles. The first-order valence-corrected chi connectivity index (χ1v) is 9.15. The molecule has 2 aromatic rings. The topological polar surface area (TPSA) is 126 Å². The third-order valence-corrected chi connectivity index (χ3v) is 5.79. The number of carbonyl (C=O) groups excluding carboxylic acids is 2. The van der Waals surface area contributed by atoms with E-state index in [1.54, 1.807) is 26.2 Å². The molecule has 1 aromatic carbocycles. The van der Waals surface area contributed by atoms with Gasteiger partial charge in [-0.05, 0) is 24.6 Å². The van der Waals surface area contributed by atoms with Crippen molar-refractivity contribution in [2.75, 3.05) is 32.4 Å². The van der Waals surface area contributed by atoms with Gasteiger partial charge in [-0.15, -0.1) is 11.3 Å². The summed E-state index contributed by atoms with van der Waals surface area (Å²) in [6.07, 6.45) is 0. The van der Waals surface area contributed by atoms with E-state index in [0.29, 0.717) is 33.3 Å². The summed E-state index contributed by atoms with van der Waals surface area (Å²) in [6.45, 7) is 1.77. The van der Waals surface area contributed by atoms with E-state index in [1.165, 1.54) is 14.2 Å². The van der Waals surface area contributed by atoms with Gasteiger partial charge in [0.15, 0.2) is 11.5 Å². The van der Waals surface area contributed by atoms with E-state index in [4.69, 9.17) is 25.7 Å². The number of amides is 1. The SMILES string of the molecule is COC(=O)C1=C(C)Nc2sc(C(N)=O)c(N)c2[C@H]1c1ccc(OC)c(OC)c1. The van der Waals surface area contributed by atoms with Gasteiger partial charge in [0.1, 0.15) is 4.88 Å². The van der Waals surface area contributed by atoms with Gasteiger partial charge in [-0.1, -0.05) is 6.07 Å². The highest BCUT2D eigenvalue weighted by Crippen LogP contribution is 2.50. The molecule has 3 rings (SSSR count). The van der Waals surface area contributed by atoms with E-state index in [-0.39, 0.29) is 10.6 Å². The van der Waals surface area contributed by atoms with E-state index < -0.39 is 17.8 Å². The monoisotopic (exact) mass is 403 g/mol. The highest BCUT2D eigenvalue weighted by molar-refractivity contribution is 7.19. The van der Waals surface area contributed by atoms with Gasteiger partial charge in [-0.3, -0.25) is 4.79 Å². The number of benzene rings is 1. The molecule has 1 amide bonds. The van der Waals surface area contributed by atoms with E-state index in [1.807, 2.05) is 6.07 Å². The Morgan fingerprint density at radius 2 is 1.82 bits per heavy atom. The second-order valence-corrected chi connectivity index (χ2v) is 7.18. The zero-order chi connectivity index (χ0) is 20.6. The van der Waals surface area contributed by atoms with E-state index in [9.17, 15) is 9.59 Å². The van der Waals surface area contributed by atoms with Crippen molar-refractivity contribution < 1.29 is 23.8 Å². The van der Waals surface area contributed by atoms with Crippen LogP contribution in [0.3, 0.4) is 0 Å². The number of fused-ring (bicyclic) bond motifs is 1. The predicted octanol–water partition coefficient (Wildman–Crippen LogP) is 2.45. The Balaban J connectivity index is 2.29. The number of esters is 1. The largest absolute Gasteiger partial charge is 0.493 e. The van der Waals surface area contributed by atoms with Crippen molar-refractivity contribution in [2.45, 2.75) is 12.8 Å². The number of nitrogens with two attached hydrogens (primary N) is 2. The van der Waals surface area contributed by atoms with Gasteiger partial charge in [0.05, 0.1) is 37.6 Å². The van der Waals surface area contributed by atoms with Crippen LogP contribution in [0.15, 0.2) is 29.5 Å². The predicted molar refractivity (Wildman–Crippen MR) is 107 cm³/mol. The number of nitrogen functional groups attached to an aromatic ring is 1. The van der Waals surface area contributed by atoms with Crippen molar-refractivity contribution in [1.29, 1.82) is 0 Å². The number of hydrogen-bond donors (Lipinski definition) is 3. The molecule has 5 N–H and O–H groups in total. The van der Waals surface area contributed by atoms with Crippen LogP contribution in [-0.4, -0.2) is 33.2 Å². The van der Waals surface area contributed by atoms with Gasteiger partial charge < -0.3 is 31.0 Å². The van der Waals surface area contributed by atoms with Gasteiger partial charge in [-0.2, -0.15) is 0 Å². The molecule has 1 aliphatic rings. The summed E-state index contributed by atoms with van der Waals surface area (Å²) in [7, 11) is 4.39. The molecule has 0 unspecified atom stereocenters. The number of ether oxygens (including phenoxy) is 3. The molecule has 0 radical (unpaired) electrons. The molecule has 1 aliphatic heterocycles. The molecule has 2 heterocycles. The lowest BCUT2D eigenvalue weighted by Gasteiger charge is -2.28. The minimum Gasteiger partial charge on any atom is -0.493 e. The Morgan fingerprint density at radius 3 is 2.39 bits per heavy atom.